The molecule has 106 valence electrons. The zero-order valence-electron chi connectivity index (χ0n) is 11.4. The molecule has 0 bridgehead atoms. The number of nitrogens with one attached hydrogen (secondary N) is 1. The van der Waals surface area contributed by atoms with Crippen molar-refractivity contribution in [2.75, 3.05) is 0 Å². The maximum atomic E-state index is 12.3. The number of carbonyl (C=O) groups is 1. The highest BCUT2D eigenvalue weighted by Crippen LogP contribution is 2.19. The standard InChI is InChI=1S/C14H18N4O2/c1-9-16-17-13-7-6-10(8-18(9)13)14(20)15-11-4-2-3-5-12(11)19/h6-8,11-12,19H,2-5H2,1H3,(H,15,20). The quantitative estimate of drug-likeness (QED) is 0.858. The van der Waals surface area contributed by atoms with Crippen LogP contribution < -0.4 is 5.32 Å². The SMILES string of the molecule is Cc1nnc2ccc(C(=O)NC3CCCCC3O)cn12. The van der Waals surface area contributed by atoms with Gasteiger partial charge in [-0.1, -0.05) is 12.8 Å². The van der Waals surface area contributed by atoms with Gasteiger partial charge in [-0.05, 0) is 31.9 Å². The van der Waals surface area contributed by atoms with Crippen LogP contribution in [0.25, 0.3) is 5.65 Å². The van der Waals surface area contributed by atoms with Gasteiger partial charge < -0.3 is 10.4 Å². The third-order valence-electron chi connectivity index (χ3n) is 3.88. The van der Waals surface area contributed by atoms with E-state index < -0.39 is 6.10 Å². The Morgan fingerprint density at radius 2 is 2.15 bits per heavy atom. The summed E-state index contributed by atoms with van der Waals surface area (Å²) >= 11 is 0. The summed E-state index contributed by atoms with van der Waals surface area (Å²) in [6.45, 7) is 1.84. The zero-order chi connectivity index (χ0) is 14.1. The molecule has 2 heterocycles. The lowest BCUT2D eigenvalue weighted by atomic mass is 9.92. The monoisotopic (exact) mass is 274 g/mol. The van der Waals surface area contributed by atoms with Gasteiger partial charge in [0.25, 0.3) is 5.91 Å². The van der Waals surface area contributed by atoms with Crippen LogP contribution in [-0.4, -0.2) is 37.8 Å². The Morgan fingerprint density at radius 3 is 2.95 bits per heavy atom. The lowest BCUT2D eigenvalue weighted by molar-refractivity contribution is 0.0717. The predicted molar refractivity (Wildman–Crippen MR) is 73.5 cm³/mol. The Morgan fingerprint density at radius 1 is 1.35 bits per heavy atom. The molecule has 6 nitrogen and oxygen atoms in total. The number of aliphatic hydroxyl groups excluding tert-OH is 1. The molecule has 6 heteroatoms. The first-order valence-corrected chi connectivity index (χ1v) is 6.95. The molecule has 1 aliphatic carbocycles. The minimum absolute atomic E-state index is 0.144. The van der Waals surface area contributed by atoms with E-state index in [1.807, 2.05) is 6.92 Å². The van der Waals surface area contributed by atoms with E-state index in [0.717, 1.165) is 37.2 Å². The highest BCUT2D eigenvalue weighted by molar-refractivity contribution is 5.94. The number of nitrogens with zero attached hydrogens (tertiary/aromatic N) is 3. The molecule has 3 rings (SSSR count). The maximum Gasteiger partial charge on any atom is 0.253 e. The number of hydrogen-bond donors (Lipinski definition) is 2. The molecule has 20 heavy (non-hydrogen) atoms. The lowest BCUT2D eigenvalue weighted by Crippen LogP contribution is -2.45. The summed E-state index contributed by atoms with van der Waals surface area (Å²) in [6.07, 6.45) is 4.96. The topological polar surface area (TPSA) is 79.5 Å². The summed E-state index contributed by atoms with van der Waals surface area (Å²) in [6, 6.07) is 3.36. The number of pyridine rings is 1. The predicted octanol–water partition coefficient (Wildman–Crippen LogP) is 1.07. The van der Waals surface area contributed by atoms with Crippen molar-refractivity contribution < 1.29 is 9.90 Å². The largest absolute Gasteiger partial charge is 0.391 e. The number of amides is 1. The summed E-state index contributed by atoms with van der Waals surface area (Å²) < 4.78 is 1.78. The number of rotatable bonds is 2. The fourth-order valence-electron chi connectivity index (χ4n) is 2.67. The average Bonchev–Trinajstić information content (AvgIpc) is 2.82. The van der Waals surface area contributed by atoms with E-state index in [4.69, 9.17) is 0 Å². The highest BCUT2D eigenvalue weighted by atomic mass is 16.3. The molecule has 0 aliphatic heterocycles. The molecule has 2 N–H and O–H groups in total. The molecule has 1 aliphatic rings. The fourth-order valence-corrected chi connectivity index (χ4v) is 2.67. The fraction of sp³-hybridized carbons (Fsp3) is 0.500. The van der Waals surface area contributed by atoms with Crippen LogP contribution in [0.1, 0.15) is 41.9 Å². The van der Waals surface area contributed by atoms with Gasteiger partial charge in [-0.15, -0.1) is 10.2 Å². The normalized spacial score (nSPS) is 22.9. The van der Waals surface area contributed by atoms with Crippen molar-refractivity contribution in [1.29, 1.82) is 0 Å². The Bertz CT molecular complexity index is 637. The van der Waals surface area contributed by atoms with Crippen molar-refractivity contribution in [1.82, 2.24) is 19.9 Å². The van der Waals surface area contributed by atoms with E-state index in [-0.39, 0.29) is 11.9 Å². The Hall–Kier alpha value is -1.95. The average molecular weight is 274 g/mol. The highest BCUT2D eigenvalue weighted by Gasteiger charge is 2.24. The van der Waals surface area contributed by atoms with E-state index in [1.165, 1.54) is 0 Å². The van der Waals surface area contributed by atoms with Crippen LogP contribution in [0.3, 0.4) is 0 Å². The molecule has 0 saturated heterocycles. The summed E-state index contributed by atoms with van der Waals surface area (Å²) in [5.41, 5.74) is 1.27. The van der Waals surface area contributed by atoms with Crippen molar-refractivity contribution in [3.8, 4) is 0 Å². The summed E-state index contributed by atoms with van der Waals surface area (Å²) in [5, 5.41) is 20.8. The minimum atomic E-state index is -0.437. The van der Waals surface area contributed by atoms with Gasteiger partial charge in [0.1, 0.15) is 5.82 Å². The molecule has 0 spiro atoms. The lowest BCUT2D eigenvalue weighted by Gasteiger charge is -2.28. The van der Waals surface area contributed by atoms with Crippen LogP contribution in [0.5, 0.6) is 0 Å². The van der Waals surface area contributed by atoms with Gasteiger partial charge in [-0.3, -0.25) is 9.20 Å². The van der Waals surface area contributed by atoms with Crippen molar-refractivity contribution in [3.63, 3.8) is 0 Å². The second-order valence-electron chi connectivity index (χ2n) is 5.32. The molecule has 1 saturated carbocycles. The number of hydrogen-bond acceptors (Lipinski definition) is 4. The summed E-state index contributed by atoms with van der Waals surface area (Å²) in [7, 11) is 0. The Labute approximate surface area is 116 Å². The van der Waals surface area contributed by atoms with Gasteiger partial charge in [-0.2, -0.15) is 0 Å². The van der Waals surface area contributed by atoms with Gasteiger partial charge in [-0.25, -0.2) is 0 Å². The van der Waals surface area contributed by atoms with Crippen molar-refractivity contribution in [3.05, 3.63) is 29.7 Å². The zero-order valence-corrected chi connectivity index (χ0v) is 11.4. The number of fused-ring (bicyclic) bond motifs is 1. The maximum absolute atomic E-state index is 12.3. The molecule has 2 unspecified atom stereocenters. The van der Waals surface area contributed by atoms with Gasteiger partial charge in [0.2, 0.25) is 0 Å². The van der Waals surface area contributed by atoms with Crippen LogP contribution in [0.15, 0.2) is 18.3 Å². The Kier molecular flexibility index (Phi) is 3.40. The van der Waals surface area contributed by atoms with E-state index in [9.17, 15) is 9.90 Å². The van der Waals surface area contributed by atoms with E-state index in [1.54, 1.807) is 22.7 Å². The second-order valence-corrected chi connectivity index (χ2v) is 5.32. The molecule has 1 amide bonds. The van der Waals surface area contributed by atoms with Crippen molar-refractivity contribution >= 4 is 11.6 Å². The summed E-state index contributed by atoms with van der Waals surface area (Å²) in [4.78, 5) is 12.3. The number of carbonyl (C=O) groups excluding carboxylic acids is 1. The molecular formula is C14H18N4O2. The molecule has 2 aromatic rings. The van der Waals surface area contributed by atoms with Gasteiger partial charge in [0.15, 0.2) is 5.65 Å². The van der Waals surface area contributed by atoms with E-state index >= 15 is 0 Å². The smallest absolute Gasteiger partial charge is 0.253 e. The molecule has 2 atom stereocenters. The van der Waals surface area contributed by atoms with Crippen molar-refractivity contribution in [2.24, 2.45) is 0 Å². The van der Waals surface area contributed by atoms with E-state index in [0.29, 0.717) is 5.56 Å². The van der Waals surface area contributed by atoms with Gasteiger partial charge in [0.05, 0.1) is 17.7 Å². The van der Waals surface area contributed by atoms with Crippen molar-refractivity contribution in [2.45, 2.75) is 44.8 Å². The summed E-state index contributed by atoms with van der Waals surface area (Å²) in [5.74, 6) is 0.582. The van der Waals surface area contributed by atoms with E-state index in [2.05, 4.69) is 15.5 Å². The molecule has 0 radical (unpaired) electrons. The third-order valence-corrected chi connectivity index (χ3v) is 3.88. The van der Waals surface area contributed by atoms with Gasteiger partial charge in [0, 0.05) is 6.20 Å². The molecule has 1 fully saturated rings. The number of aliphatic hydroxyl groups is 1. The molecule has 2 aromatic heterocycles. The van der Waals surface area contributed by atoms with Crippen LogP contribution >= 0.6 is 0 Å². The van der Waals surface area contributed by atoms with Crippen LogP contribution in [0, 0.1) is 6.92 Å². The molecular weight excluding hydrogens is 256 g/mol. The second kappa shape index (κ2) is 5.20. The first-order chi connectivity index (χ1) is 9.65. The first-order valence-electron chi connectivity index (χ1n) is 6.95. The van der Waals surface area contributed by atoms with Gasteiger partial charge >= 0.3 is 0 Å². The molecule has 0 aromatic carbocycles. The third kappa shape index (κ3) is 2.38. The first kappa shape index (κ1) is 13.1. The van der Waals surface area contributed by atoms with Crippen LogP contribution in [-0.2, 0) is 0 Å². The number of aromatic nitrogens is 3. The van der Waals surface area contributed by atoms with Crippen LogP contribution in [0.2, 0.25) is 0 Å². The van der Waals surface area contributed by atoms with Crippen LogP contribution in [0.4, 0.5) is 0 Å². The Balaban J connectivity index is 1.79. The number of aryl methyl sites for hydroxylation is 1. The minimum Gasteiger partial charge on any atom is -0.391 e.